The third-order valence-electron chi connectivity index (χ3n) is 10.2. The van der Waals surface area contributed by atoms with E-state index in [1.807, 2.05) is 11.9 Å². The molecule has 0 spiro atoms. The topological polar surface area (TPSA) is 23.6 Å². The Morgan fingerprint density at radius 3 is 2.50 bits per heavy atom. The molecule has 1 amide bonds. The van der Waals surface area contributed by atoms with E-state index in [4.69, 9.17) is 0 Å². The number of carbonyl (C=O) groups is 1. The quantitative estimate of drug-likeness (QED) is 0.503. The molecule has 0 heterocycles. The smallest absolute Gasteiger partial charge is 0.209 e. The molecule has 0 unspecified atom stereocenters. The number of likely N-dealkylation sites (N-methyl/N-ethyl adjacent to an activating group) is 1. The maximum absolute atomic E-state index is 11.4. The van der Waals surface area contributed by atoms with Crippen molar-refractivity contribution in [3.8, 4) is 0 Å². The Labute approximate surface area is 172 Å². The number of amides is 1. The first-order valence-electron chi connectivity index (χ1n) is 11.8. The number of hydrogen-bond donors (Lipinski definition) is 0. The summed E-state index contributed by atoms with van der Waals surface area (Å²) in [6.45, 7) is 7.41. The lowest BCUT2D eigenvalue weighted by atomic mass is 9.44. The Morgan fingerprint density at radius 2 is 1.82 bits per heavy atom. The average molecular weight is 387 g/mol. The van der Waals surface area contributed by atoms with Crippen LogP contribution in [0.4, 0.5) is 0 Å². The molecule has 158 valence electrons. The highest BCUT2D eigenvalue weighted by Crippen LogP contribution is 2.66. The molecule has 0 saturated heterocycles. The van der Waals surface area contributed by atoms with Crippen LogP contribution in [-0.2, 0) is 4.79 Å². The minimum absolute atomic E-state index is 0.242. The summed E-state index contributed by atoms with van der Waals surface area (Å²) in [4.78, 5) is 15.7. The van der Waals surface area contributed by atoms with E-state index in [9.17, 15) is 4.79 Å². The van der Waals surface area contributed by atoms with Gasteiger partial charge in [-0.1, -0.05) is 19.9 Å². The van der Waals surface area contributed by atoms with Crippen LogP contribution < -0.4 is 0 Å². The van der Waals surface area contributed by atoms with E-state index in [-0.39, 0.29) is 6.04 Å². The van der Waals surface area contributed by atoms with Crippen molar-refractivity contribution in [2.75, 3.05) is 21.1 Å². The molecule has 4 rings (SSSR count). The summed E-state index contributed by atoms with van der Waals surface area (Å²) in [5, 5.41) is 0. The first-order chi connectivity index (χ1) is 13.2. The second-order valence-electron chi connectivity index (χ2n) is 11.3. The molecule has 0 aliphatic heterocycles. The SMILES string of the molecule is C[C@@H](C1=CC[C@H]2[C@@H]3CC[C@H]4C[C@H](N(C)C)CC[C@]4(C)[C@H]3CC[C@]12C)N(C)C=O. The molecular formula is C25H42N2O. The molecule has 0 radical (unpaired) electrons. The zero-order valence-corrected chi connectivity index (χ0v) is 19.1. The van der Waals surface area contributed by atoms with E-state index < -0.39 is 0 Å². The second kappa shape index (κ2) is 7.15. The zero-order valence-electron chi connectivity index (χ0n) is 19.1. The molecule has 3 nitrogen and oxygen atoms in total. The van der Waals surface area contributed by atoms with Crippen LogP contribution in [0.5, 0.6) is 0 Å². The van der Waals surface area contributed by atoms with Crippen molar-refractivity contribution in [1.29, 1.82) is 0 Å². The Kier molecular flexibility index (Phi) is 5.22. The van der Waals surface area contributed by atoms with Crippen LogP contribution in [0.25, 0.3) is 0 Å². The highest BCUT2D eigenvalue weighted by atomic mass is 16.1. The monoisotopic (exact) mass is 386 g/mol. The number of hydrogen-bond acceptors (Lipinski definition) is 2. The highest BCUT2D eigenvalue weighted by molar-refractivity contribution is 5.49. The molecule has 0 aromatic carbocycles. The molecule has 28 heavy (non-hydrogen) atoms. The van der Waals surface area contributed by atoms with Crippen LogP contribution in [0.15, 0.2) is 11.6 Å². The molecule has 0 aromatic heterocycles. The average Bonchev–Trinajstić information content (AvgIpc) is 3.03. The van der Waals surface area contributed by atoms with Crippen LogP contribution in [0.2, 0.25) is 0 Å². The minimum atomic E-state index is 0.242. The van der Waals surface area contributed by atoms with Crippen LogP contribution in [0.3, 0.4) is 0 Å². The van der Waals surface area contributed by atoms with Crippen molar-refractivity contribution in [1.82, 2.24) is 9.80 Å². The van der Waals surface area contributed by atoms with E-state index in [0.29, 0.717) is 10.8 Å². The van der Waals surface area contributed by atoms with Gasteiger partial charge >= 0.3 is 0 Å². The predicted octanol–water partition coefficient (Wildman–Crippen LogP) is 4.97. The first-order valence-corrected chi connectivity index (χ1v) is 11.8. The van der Waals surface area contributed by atoms with Crippen LogP contribution in [0.1, 0.15) is 72.1 Å². The molecular weight excluding hydrogens is 344 g/mol. The molecule has 3 fully saturated rings. The van der Waals surface area contributed by atoms with Crippen molar-refractivity contribution in [3.05, 3.63) is 11.6 Å². The van der Waals surface area contributed by atoms with Crippen LogP contribution in [-0.4, -0.2) is 49.4 Å². The molecule has 4 aliphatic carbocycles. The summed E-state index contributed by atoms with van der Waals surface area (Å²) in [6.07, 6.45) is 14.6. The lowest BCUT2D eigenvalue weighted by molar-refractivity contribution is -0.119. The van der Waals surface area contributed by atoms with Gasteiger partial charge in [-0.2, -0.15) is 0 Å². The number of rotatable bonds is 4. The fraction of sp³-hybridized carbons (Fsp3) is 0.880. The van der Waals surface area contributed by atoms with Gasteiger partial charge in [-0.25, -0.2) is 0 Å². The Bertz CT molecular complexity index is 642. The highest BCUT2D eigenvalue weighted by Gasteiger charge is 2.59. The molecule has 8 atom stereocenters. The van der Waals surface area contributed by atoms with Gasteiger partial charge in [-0.05, 0) is 112 Å². The molecule has 0 bridgehead atoms. The van der Waals surface area contributed by atoms with Gasteiger partial charge in [0.25, 0.3) is 0 Å². The van der Waals surface area contributed by atoms with Crippen molar-refractivity contribution < 1.29 is 4.79 Å². The lowest BCUT2D eigenvalue weighted by Gasteiger charge is -2.61. The normalized spacial score (nSPS) is 46.2. The van der Waals surface area contributed by atoms with Gasteiger partial charge in [-0.3, -0.25) is 4.79 Å². The third kappa shape index (κ3) is 2.90. The molecule has 4 aliphatic rings. The largest absolute Gasteiger partial charge is 0.342 e. The maximum atomic E-state index is 11.4. The lowest BCUT2D eigenvalue weighted by Crippen LogP contribution is -2.55. The van der Waals surface area contributed by atoms with Gasteiger partial charge in [-0.15, -0.1) is 0 Å². The molecule has 0 aromatic rings. The van der Waals surface area contributed by atoms with E-state index >= 15 is 0 Å². The number of nitrogens with zero attached hydrogens (tertiary/aromatic N) is 2. The van der Waals surface area contributed by atoms with E-state index in [2.05, 4.69) is 45.8 Å². The Hall–Kier alpha value is -0.830. The van der Waals surface area contributed by atoms with Gasteiger partial charge < -0.3 is 9.80 Å². The third-order valence-corrected chi connectivity index (χ3v) is 10.2. The number of allylic oxidation sites excluding steroid dienone is 1. The van der Waals surface area contributed by atoms with E-state index in [1.165, 1.54) is 51.4 Å². The molecule has 0 N–H and O–H groups in total. The summed E-state index contributed by atoms with van der Waals surface area (Å²) in [7, 11) is 6.48. The van der Waals surface area contributed by atoms with Gasteiger partial charge in [0.1, 0.15) is 0 Å². The summed E-state index contributed by atoms with van der Waals surface area (Å²) in [5.41, 5.74) is 2.42. The zero-order chi connectivity index (χ0) is 20.3. The van der Waals surface area contributed by atoms with Crippen LogP contribution in [0, 0.1) is 34.5 Å². The van der Waals surface area contributed by atoms with Crippen molar-refractivity contribution >= 4 is 6.41 Å². The summed E-state index contributed by atoms with van der Waals surface area (Å²) >= 11 is 0. The van der Waals surface area contributed by atoms with E-state index in [0.717, 1.165) is 36.1 Å². The minimum Gasteiger partial charge on any atom is -0.342 e. The first kappa shape index (κ1) is 20.4. The predicted molar refractivity (Wildman–Crippen MR) is 116 cm³/mol. The van der Waals surface area contributed by atoms with Crippen molar-refractivity contribution in [2.24, 2.45) is 34.5 Å². The Balaban J connectivity index is 1.55. The molecule has 3 heteroatoms. The Morgan fingerprint density at radius 1 is 1.07 bits per heavy atom. The van der Waals surface area contributed by atoms with Crippen LogP contribution >= 0.6 is 0 Å². The summed E-state index contributed by atoms with van der Waals surface area (Å²) in [6, 6.07) is 1.04. The van der Waals surface area contributed by atoms with Gasteiger partial charge in [0.05, 0.1) is 6.04 Å². The summed E-state index contributed by atoms with van der Waals surface area (Å²) < 4.78 is 0. The van der Waals surface area contributed by atoms with E-state index in [1.54, 1.807) is 5.57 Å². The molecule has 3 saturated carbocycles. The standard InChI is InChI=1S/C25H42N2O/c1-17(27(6)16-28)21-9-10-22-20-8-7-18-15-19(26(4)5)11-13-24(18,2)23(20)12-14-25(21,22)3/h9,16-20,22-23H,7-8,10-15H2,1-6H3/t17-,18-,19+,20-,22-,23-,24-,25+/m0/s1. The number of carbonyl (C=O) groups excluding carboxylic acids is 1. The van der Waals surface area contributed by atoms with Gasteiger partial charge in [0.15, 0.2) is 0 Å². The fourth-order valence-corrected chi connectivity index (χ4v) is 8.26. The fourth-order valence-electron chi connectivity index (χ4n) is 8.26. The number of fused-ring (bicyclic) bond motifs is 5. The van der Waals surface area contributed by atoms with Crippen molar-refractivity contribution in [2.45, 2.75) is 84.2 Å². The van der Waals surface area contributed by atoms with Gasteiger partial charge in [0, 0.05) is 13.1 Å². The second-order valence-corrected chi connectivity index (χ2v) is 11.3. The van der Waals surface area contributed by atoms with Gasteiger partial charge in [0.2, 0.25) is 6.41 Å². The maximum Gasteiger partial charge on any atom is 0.209 e. The summed E-state index contributed by atoms with van der Waals surface area (Å²) in [5.74, 6) is 3.53. The van der Waals surface area contributed by atoms with Crippen molar-refractivity contribution in [3.63, 3.8) is 0 Å².